The molecule has 1 aliphatic carbocycles. The summed E-state index contributed by atoms with van der Waals surface area (Å²) in [6.45, 7) is 0. The number of aromatic nitrogens is 2. The molecule has 0 aromatic carbocycles. The molecule has 6 heteroatoms. The maximum atomic E-state index is 11.0. The van der Waals surface area contributed by atoms with Gasteiger partial charge in [0.1, 0.15) is 5.69 Å². The Morgan fingerprint density at radius 1 is 1.33 bits per heavy atom. The third-order valence-electron chi connectivity index (χ3n) is 3.80. The molecule has 0 radical (unpaired) electrons. The second-order valence-corrected chi connectivity index (χ2v) is 5.29. The lowest BCUT2D eigenvalue weighted by Crippen LogP contribution is -2.23. The van der Waals surface area contributed by atoms with Gasteiger partial charge in [-0.2, -0.15) is 0 Å². The third kappa shape index (κ3) is 2.89. The van der Waals surface area contributed by atoms with Crippen molar-refractivity contribution in [2.45, 2.75) is 38.1 Å². The van der Waals surface area contributed by atoms with Crippen molar-refractivity contribution in [2.75, 3.05) is 11.1 Å². The number of carbonyl (C=O) groups excluding carboxylic acids is 1. The zero-order valence-electron chi connectivity index (χ0n) is 11.7. The minimum absolute atomic E-state index is 0.364. The smallest absolute Gasteiger partial charge is 0.169 e. The molecule has 2 heterocycles. The number of furan rings is 1. The van der Waals surface area contributed by atoms with Gasteiger partial charge in [0.05, 0.1) is 18.0 Å². The lowest BCUT2D eigenvalue weighted by Gasteiger charge is -2.23. The molecular formula is C15H18N4O2. The predicted octanol–water partition coefficient (Wildman–Crippen LogP) is 2.88. The molecule has 0 spiro atoms. The molecule has 1 fully saturated rings. The van der Waals surface area contributed by atoms with Crippen LogP contribution in [0.25, 0.3) is 11.5 Å². The largest absolute Gasteiger partial charge is 0.462 e. The van der Waals surface area contributed by atoms with Gasteiger partial charge < -0.3 is 15.5 Å². The van der Waals surface area contributed by atoms with Crippen LogP contribution in [0.1, 0.15) is 42.5 Å². The van der Waals surface area contributed by atoms with E-state index in [1.807, 2.05) is 0 Å². The molecule has 0 bridgehead atoms. The number of carbonyl (C=O) groups is 1. The SMILES string of the molecule is Nc1ncc(-c2occc2C=O)nc1NC1CCCCC1. The van der Waals surface area contributed by atoms with E-state index in [1.54, 1.807) is 6.07 Å². The van der Waals surface area contributed by atoms with Gasteiger partial charge in [-0.1, -0.05) is 19.3 Å². The first-order valence-corrected chi connectivity index (χ1v) is 7.20. The fourth-order valence-electron chi connectivity index (χ4n) is 2.67. The van der Waals surface area contributed by atoms with Crippen molar-refractivity contribution >= 4 is 17.9 Å². The Kier molecular flexibility index (Phi) is 3.85. The van der Waals surface area contributed by atoms with Gasteiger partial charge in [0.2, 0.25) is 0 Å². The number of nitrogens with two attached hydrogens (primary N) is 1. The standard InChI is InChI=1S/C15H18N4O2/c16-14-15(18-11-4-2-1-3-5-11)19-12(8-17-14)13-10(9-20)6-7-21-13/h6-9,11H,1-5H2,(H2,16,17)(H,18,19). The van der Waals surface area contributed by atoms with Gasteiger partial charge in [0.25, 0.3) is 0 Å². The van der Waals surface area contributed by atoms with E-state index in [2.05, 4.69) is 15.3 Å². The van der Waals surface area contributed by atoms with Crippen LogP contribution in [0.5, 0.6) is 0 Å². The summed E-state index contributed by atoms with van der Waals surface area (Å²) in [6, 6.07) is 1.99. The number of hydrogen-bond acceptors (Lipinski definition) is 6. The molecule has 0 saturated heterocycles. The van der Waals surface area contributed by atoms with Crippen LogP contribution < -0.4 is 11.1 Å². The van der Waals surface area contributed by atoms with Crippen LogP contribution >= 0.6 is 0 Å². The van der Waals surface area contributed by atoms with E-state index in [0.717, 1.165) is 19.1 Å². The first kappa shape index (κ1) is 13.6. The molecular weight excluding hydrogens is 268 g/mol. The highest BCUT2D eigenvalue weighted by Crippen LogP contribution is 2.27. The van der Waals surface area contributed by atoms with Crippen molar-refractivity contribution in [2.24, 2.45) is 0 Å². The minimum Gasteiger partial charge on any atom is -0.462 e. The van der Waals surface area contributed by atoms with Gasteiger partial charge >= 0.3 is 0 Å². The fraction of sp³-hybridized carbons (Fsp3) is 0.400. The van der Waals surface area contributed by atoms with E-state index < -0.39 is 0 Å². The number of rotatable bonds is 4. The van der Waals surface area contributed by atoms with E-state index in [-0.39, 0.29) is 0 Å². The molecule has 3 rings (SSSR count). The maximum Gasteiger partial charge on any atom is 0.169 e. The van der Waals surface area contributed by atoms with Crippen LogP contribution in [-0.4, -0.2) is 22.3 Å². The maximum absolute atomic E-state index is 11.0. The van der Waals surface area contributed by atoms with Gasteiger partial charge in [0, 0.05) is 6.04 Å². The lowest BCUT2D eigenvalue weighted by molar-refractivity contribution is 0.112. The summed E-state index contributed by atoms with van der Waals surface area (Å²) in [6.07, 6.45) is 9.69. The molecule has 6 nitrogen and oxygen atoms in total. The molecule has 21 heavy (non-hydrogen) atoms. The second-order valence-electron chi connectivity index (χ2n) is 5.29. The fourth-order valence-corrected chi connectivity index (χ4v) is 2.67. The van der Waals surface area contributed by atoms with E-state index >= 15 is 0 Å². The number of aldehydes is 1. The zero-order valence-corrected chi connectivity index (χ0v) is 11.7. The van der Waals surface area contributed by atoms with Crippen LogP contribution in [0.3, 0.4) is 0 Å². The number of hydrogen-bond donors (Lipinski definition) is 2. The van der Waals surface area contributed by atoms with Crippen molar-refractivity contribution in [3.8, 4) is 11.5 Å². The summed E-state index contributed by atoms with van der Waals surface area (Å²) in [5.74, 6) is 1.35. The highest BCUT2D eigenvalue weighted by atomic mass is 16.3. The molecule has 0 aliphatic heterocycles. The molecule has 3 N–H and O–H groups in total. The third-order valence-corrected chi connectivity index (χ3v) is 3.80. The summed E-state index contributed by atoms with van der Waals surface area (Å²) in [5.41, 5.74) is 6.86. The highest BCUT2D eigenvalue weighted by molar-refractivity contribution is 5.84. The summed E-state index contributed by atoms with van der Waals surface area (Å²) < 4.78 is 5.32. The number of nitrogens with one attached hydrogen (secondary N) is 1. The Morgan fingerprint density at radius 2 is 2.14 bits per heavy atom. The van der Waals surface area contributed by atoms with Crippen LogP contribution in [0.2, 0.25) is 0 Å². The number of nitrogen functional groups attached to an aromatic ring is 1. The molecule has 1 saturated carbocycles. The average molecular weight is 286 g/mol. The summed E-state index contributed by atoms with van der Waals surface area (Å²) in [4.78, 5) is 19.6. The van der Waals surface area contributed by atoms with Crippen LogP contribution in [0, 0.1) is 0 Å². The molecule has 2 aromatic rings. The van der Waals surface area contributed by atoms with Gasteiger partial charge in [-0.3, -0.25) is 4.79 Å². The topological polar surface area (TPSA) is 94.0 Å². The van der Waals surface area contributed by atoms with E-state index in [0.29, 0.717) is 34.7 Å². The number of nitrogens with zero attached hydrogens (tertiary/aromatic N) is 2. The number of anilines is 2. The molecule has 0 amide bonds. The van der Waals surface area contributed by atoms with E-state index in [4.69, 9.17) is 10.2 Å². The molecule has 0 unspecified atom stereocenters. The Hall–Kier alpha value is -2.37. The Bertz CT molecular complexity index is 632. The Morgan fingerprint density at radius 3 is 2.90 bits per heavy atom. The monoisotopic (exact) mass is 286 g/mol. The van der Waals surface area contributed by atoms with Crippen LogP contribution in [-0.2, 0) is 0 Å². The molecule has 110 valence electrons. The van der Waals surface area contributed by atoms with Gasteiger partial charge in [0.15, 0.2) is 23.7 Å². The molecule has 2 aromatic heterocycles. The predicted molar refractivity (Wildman–Crippen MR) is 80.0 cm³/mol. The summed E-state index contributed by atoms with van der Waals surface area (Å²) in [7, 11) is 0. The Balaban J connectivity index is 1.87. The van der Waals surface area contributed by atoms with Gasteiger partial charge in [-0.25, -0.2) is 9.97 Å². The highest BCUT2D eigenvalue weighted by Gasteiger charge is 2.17. The summed E-state index contributed by atoms with van der Waals surface area (Å²) in [5, 5.41) is 3.36. The first-order chi connectivity index (χ1) is 10.3. The minimum atomic E-state index is 0.364. The summed E-state index contributed by atoms with van der Waals surface area (Å²) >= 11 is 0. The van der Waals surface area contributed by atoms with Crippen molar-refractivity contribution < 1.29 is 9.21 Å². The van der Waals surface area contributed by atoms with Crippen LogP contribution in [0.15, 0.2) is 22.9 Å². The quantitative estimate of drug-likeness (QED) is 0.839. The van der Waals surface area contributed by atoms with Crippen molar-refractivity contribution in [1.29, 1.82) is 0 Å². The van der Waals surface area contributed by atoms with Gasteiger partial charge in [-0.05, 0) is 18.9 Å². The zero-order chi connectivity index (χ0) is 14.7. The van der Waals surface area contributed by atoms with Crippen molar-refractivity contribution in [3.05, 3.63) is 24.1 Å². The van der Waals surface area contributed by atoms with Crippen LogP contribution in [0.4, 0.5) is 11.6 Å². The molecule has 0 atom stereocenters. The molecule has 1 aliphatic rings. The van der Waals surface area contributed by atoms with Crippen molar-refractivity contribution in [3.63, 3.8) is 0 Å². The van der Waals surface area contributed by atoms with Gasteiger partial charge in [-0.15, -0.1) is 0 Å². The lowest BCUT2D eigenvalue weighted by atomic mass is 9.95. The van der Waals surface area contributed by atoms with E-state index in [9.17, 15) is 4.79 Å². The average Bonchev–Trinajstić information content (AvgIpc) is 2.99. The van der Waals surface area contributed by atoms with Crippen molar-refractivity contribution in [1.82, 2.24) is 9.97 Å². The first-order valence-electron chi connectivity index (χ1n) is 7.20. The normalized spacial score (nSPS) is 15.8. The Labute approximate surface area is 122 Å². The van der Waals surface area contributed by atoms with E-state index in [1.165, 1.54) is 31.7 Å². The second kappa shape index (κ2) is 5.95.